The lowest BCUT2D eigenvalue weighted by molar-refractivity contribution is -0.121. The molecule has 0 aliphatic carbocycles. The van der Waals surface area contributed by atoms with Gasteiger partial charge in [0.05, 0.1) is 6.10 Å². The summed E-state index contributed by atoms with van der Waals surface area (Å²) < 4.78 is 0. The van der Waals surface area contributed by atoms with Crippen LogP contribution in [0, 0.1) is 0 Å². The number of nitrogens with two attached hydrogens (primary N) is 1. The molecular weight excluding hydrogens is 372 g/mol. The number of amides is 1. The average Bonchev–Trinajstić information content (AvgIpc) is 2.76. The molecule has 0 heterocycles. The maximum Gasteiger partial charge on any atom is 0.220 e. The Hall–Kier alpha value is -1.39. The Bertz CT molecular complexity index is 548. The maximum absolute atomic E-state index is 12.0. The van der Waals surface area contributed by atoms with Gasteiger partial charge in [0.25, 0.3) is 0 Å². The maximum atomic E-state index is 12.0. The molecule has 1 rings (SSSR count). The molecule has 0 fully saturated rings. The number of unbranched alkanes of at least 4 members (excludes halogenated alkanes) is 10. The van der Waals surface area contributed by atoms with Crippen molar-refractivity contribution in [2.24, 2.45) is 5.73 Å². The van der Waals surface area contributed by atoms with Crippen molar-refractivity contribution in [2.75, 3.05) is 0 Å². The van der Waals surface area contributed by atoms with Crippen molar-refractivity contribution >= 4 is 5.91 Å². The zero-order valence-corrected chi connectivity index (χ0v) is 19.3. The van der Waals surface area contributed by atoms with E-state index in [4.69, 9.17) is 5.73 Å². The molecule has 0 bridgehead atoms. The molecule has 0 aliphatic rings. The Morgan fingerprint density at radius 3 is 2.10 bits per heavy atom. The van der Waals surface area contributed by atoms with E-state index >= 15 is 0 Å². The van der Waals surface area contributed by atoms with E-state index in [-0.39, 0.29) is 12.0 Å². The summed E-state index contributed by atoms with van der Waals surface area (Å²) in [5.74, 6) is 0.131. The molecule has 0 spiro atoms. The fraction of sp³-hybridized carbons (Fsp3) is 0.731. The van der Waals surface area contributed by atoms with Crippen molar-refractivity contribution in [3.8, 4) is 0 Å². The SMILES string of the molecule is CCCCCCCCC(O)CCCCCCCCC(=O)NCc1cccc(CN)c1. The Morgan fingerprint density at radius 1 is 0.900 bits per heavy atom. The number of rotatable bonds is 19. The first-order valence-electron chi connectivity index (χ1n) is 12.4. The van der Waals surface area contributed by atoms with Gasteiger partial charge in [-0.05, 0) is 30.4 Å². The molecule has 30 heavy (non-hydrogen) atoms. The van der Waals surface area contributed by atoms with Crippen LogP contribution < -0.4 is 11.1 Å². The lowest BCUT2D eigenvalue weighted by atomic mass is 10.0. The highest BCUT2D eigenvalue weighted by atomic mass is 16.3. The summed E-state index contributed by atoms with van der Waals surface area (Å²) in [7, 11) is 0. The van der Waals surface area contributed by atoms with Crippen molar-refractivity contribution < 1.29 is 9.90 Å². The number of carbonyl (C=O) groups excluding carboxylic acids is 1. The van der Waals surface area contributed by atoms with Crippen LogP contribution in [-0.4, -0.2) is 17.1 Å². The first-order chi connectivity index (χ1) is 14.7. The van der Waals surface area contributed by atoms with E-state index in [9.17, 15) is 9.90 Å². The molecule has 172 valence electrons. The summed E-state index contributed by atoms with van der Waals surface area (Å²) in [6, 6.07) is 8.05. The molecule has 0 aromatic heterocycles. The number of hydrogen-bond acceptors (Lipinski definition) is 3. The molecule has 4 N–H and O–H groups in total. The van der Waals surface area contributed by atoms with Gasteiger partial charge in [0.1, 0.15) is 0 Å². The van der Waals surface area contributed by atoms with Crippen LogP contribution in [-0.2, 0) is 17.9 Å². The summed E-state index contributed by atoms with van der Waals surface area (Å²) >= 11 is 0. The number of aliphatic hydroxyl groups excluding tert-OH is 1. The van der Waals surface area contributed by atoms with E-state index in [1.807, 2.05) is 24.3 Å². The molecule has 1 atom stereocenters. The van der Waals surface area contributed by atoms with E-state index in [0.29, 0.717) is 19.5 Å². The zero-order valence-electron chi connectivity index (χ0n) is 19.3. The quantitative estimate of drug-likeness (QED) is 0.241. The van der Waals surface area contributed by atoms with Gasteiger partial charge in [0, 0.05) is 19.5 Å². The Balaban J connectivity index is 1.90. The van der Waals surface area contributed by atoms with Crippen LogP contribution in [0.4, 0.5) is 0 Å². The third kappa shape index (κ3) is 14.6. The minimum atomic E-state index is -0.106. The standard InChI is InChI=1S/C26H46N2O2/c1-2-3-4-5-8-11-17-25(29)18-12-9-6-7-10-13-19-26(30)28-22-24-16-14-15-23(20-24)21-27/h14-16,20,25,29H,2-13,17-19,21-22,27H2,1H3,(H,28,30). The van der Waals surface area contributed by atoms with E-state index in [1.165, 1.54) is 57.8 Å². The van der Waals surface area contributed by atoms with Crippen molar-refractivity contribution in [3.63, 3.8) is 0 Å². The van der Waals surface area contributed by atoms with Crippen LogP contribution in [0.5, 0.6) is 0 Å². The highest BCUT2D eigenvalue weighted by molar-refractivity contribution is 5.75. The molecule has 0 saturated heterocycles. The summed E-state index contributed by atoms with van der Waals surface area (Å²) in [6.07, 6.45) is 16.9. The number of carbonyl (C=O) groups is 1. The van der Waals surface area contributed by atoms with Crippen LogP contribution in [0.1, 0.15) is 114 Å². The highest BCUT2D eigenvalue weighted by Crippen LogP contribution is 2.14. The third-order valence-electron chi connectivity index (χ3n) is 5.80. The number of aliphatic hydroxyl groups is 1. The van der Waals surface area contributed by atoms with Crippen molar-refractivity contribution in [2.45, 2.75) is 122 Å². The topological polar surface area (TPSA) is 75.3 Å². The lowest BCUT2D eigenvalue weighted by Crippen LogP contribution is -2.22. The van der Waals surface area contributed by atoms with Crippen molar-refractivity contribution in [3.05, 3.63) is 35.4 Å². The molecule has 0 radical (unpaired) electrons. The minimum Gasteiger partial charge on any atom is -0.393 e. The second kappa shape index (κ2) is 18.4. The van der Waals surface area contributed by atoms with Gasteiger partial charge in [-0.2, -0.15) is 0 Å². The van der Waals surface area contributed by atoms with Crippen LogP contribution in [0.25, 0.3) is 0 Å². The predicted octanol–water partition coefficient (Wildman–Crippen LogP) is 5.99. The van der Waals surface area contributed by atoms with Gasteiger partial charge < -0.3 is 16.2 Å². The van der Waals surface area contributed by atoms with E-state index in [1.54, 1.807) is 0 Å². The van der Waals surface area contributed by atoms with E-state index in [2.05, 4.69) is 12.2 Å². The first kappa shape index (κ1) is 26.6. The normalized spacial score (nSPS) is 12.1. The molecule has 0 saturated carbocycles. The summed E-state index contributed by atoms with van der Waals surface area (Å²) in [5, 5.41) is 13.1. The van der Waals surface area contributed by atoms with Crippen molar-refractivity contribution in [1.82, 2.24) is 5.32 Å². The second-order valence-corrected chi connectivity index (χ2v) is 8.67. The average molecular weight is 419 g/mol. The molecule has 0 aliphatic heterocycles. The van der Waals surface area contributed by atoms with Crippen LogP contribution in [0.3, 0.4) is 0 Å². The van der Waals surface area contributed by atoms with Crippen LogP contribution >= 0.6 is 0 Å². The van der Waals surface area contributed by atoms with Gasteiger partial charge in [0.2, 0.25) is 5.91 Å². The van der Waals surface area contributed by atoms with Gasteiger partial charge in [-0.25, -0.2) is 0 Å². The highest BCUT2D eigenvalue weighted by Gasteiger charge is 2.04. The van der Waals surface area contributed by atoms with Gasteiger partial charge in [-0.1, -0.05) is 102 Å². The fourth-order valence-corrected chi connectivity index (χ4v) is 3.83. The smallest absolute Gasteiger partial charge is 0.220 e. The van der Waals surface area contributed by atoms with Gasteiger partial charge >= 0.3 is 0 Å². The summed E-state index contributed by atoms with van der Waals surface area (Å²) in [5.41, 5.74) is 7.85. The number of nitrogens with one attached hydrogen (secondary N) is 1. The molecular formula is C26H46N2O2. The molecule has 1 aromatic rings. The predicted molar refractivity (Wildman–Crippen MR) is 127 cm³/mol. The van der Waals surface area contributed by atoms with Gasteiger partial charge in [-0.15, -0.1) is 0 Å². The Morgan fingerprint density at radius 2 is 1.47 bits per heavy atom. The Kier molecular flexibility index (Phi) is 16.3. The van der Waals surface area contributed by atoms with Gasteiger partial charge in [-0.3, -0.25) is 4.79 Å². The third-order valence-corrected chi connectivity index (χ3v) is 5.80. The molecule has 1 amide bonds. The lowest BCUT2D eigenvalue weighted by Gasteiger charge is -2.10. The summed E-state index contributed by atoms with van der Waals surface area (Å²) in [4.78, 5) is 12.0. The van der Waals surface area contributed by atoms with Crippen LogP contribution in [0.2, 0.25) is 0 Å². The number of hydrogen-bond donors (Lipinski definition) is 3. The molecule has 1 unspecified atom stereocenters. The first-order valence-corrected chi connectivity index (χ1v) is 12.4. The molecule has 1 aromatic carbocycles. The fourth-order valence-electron chi connectivity index (χ4n) is 3.83. The van der Waals surface area contributed by atoms with Crippen molar-refractivity contribution in [1.29, 1.82) is 0 Å². The Labute approximate surface area is 185 Å². The largest absolute Gasteiger partial charge is 0.393 e. The molecule has 4 heteroatoms. The van der Waals surface area contributed by atoms with Gasteiger partial charge in [0.15, 0.2) is 0 Å². The van der Waals surface area contributed by atoms with E-state index in [0.717, 1.165) is 43.2 Å². The monoisotopic (exact) mass is 418 g/mol. The molecule has 4 nitrogen and oxygen atoms in total. The second-order valence-electron chi connectivity index (χ2n) is 8.67. The minimum absolute atomic E-state index is 0.106. The van der Waals surface area contributed by atoms with E-state index < -0.39 is 0 Å². The summed E-state index contributed by atoms with van der Waals surface area (Å²) in [6.45, 7) is 3.35. The number of benzene rings is 1. The zero-order chi connectivity index (χ0) is 21.9. The van der Waals surface area contributed by atoms with Crippen LogP contribution in [0.15, 0.2) is 24.3 Å².